The van der Waals surface area contributed by atoms with E-state index in [9.17, 15) is 4.21 Å². The summed E-state index contributed by atoms with van der Waals surface area (Å²) >= 11 is -2.03. The summed E-state index contributed by atoms with van der Waals surface area (Å²) in [5.41, 5.74) is 0.604. The number of benzene rings is 1. The second-order valence-corrected chi connectivity index (χ2v) is 5.19. The molecule has 1 rings (SSSR count). The highest BCUT2D eigenvalue weighted by Crippen LogP contribution is 2.16. The molecule has 0 aliphatic heterocycles. The number of unbranched alkanes of at least 4 members (excludes halogenated alkanes) is 5. The second kappa shape index (κ2) is 9.81. The van der Waals surface area contributed by atoms with Gasteiger partial charge in [0.15, 0.2) is 0 Å². The van der Waals surface area contributed by atoms with Crippen LogP contribution in [0.25, 0.3) is 0 Å². The summed E-state index contributed by atoms with van der Waals surface area (Å²) in [4.78, 5) is 0. The van der Waals surface area contributed by atoms with Crippen LogP contribution in [0.2, 0.25) is 0 Å². The Morgan fingerprint density at radius 3 is 2.37 bits per heavy atom. The summed E-state index contributed by atoms with van der Waals surface area (Å²) in [6.45, 7) is 2.94. The Kier molecular flexibility index (Phi) is 8.25. The maximum absolute atomic E-state index is 10.5. The molecule has 1 aromatic carbocycles. The molecule has 1 atom stereocenters. The number of rotatable bonds is 10. The van der Waals surface area contributed by atoms with Crippen LogP contribution in [-0.4, -0.2) is 15.4 Å². The lowest BCUT2D eigenvalue weighted by atomic mass is 10.1. The van der Waals surface area contributed by atoms with Crippen molar-refractivity contribution in [2.75, 3.05) is 11.3 Å². The van der Waals surface area contributed by atoms with Crippen molar-refractivity contribution in [1.82, 2.24) is 0 Å². The molecule has 0 aliphatic rings. The minimum absolute atomic E-state index is 0.604. The predicted molar refractivity (Wildman–Crippen MR) is 79.7 cm³/mol. The largest absolute Gasteiger partial charge is 0.494 e. The SMILES string of the molecule is CCCCCCCCOc1ccc(NS(=O)O)cc1. The number of ether oxygens (including phenoxy) is 1. The summed E-state index contributed by atoms with van der Waals surface area (Å²) in [6.07, 6.45) is 7.47. The highest BCUT2D eigenvalue weighted by molar-refractivity contribution is 7.80. The zero-order valence-electron chi connectivity index (χ0n) is 11.4. The van der Waals surface area contributed by atoms with Crippen molar-refractivity contribution in [2.45, 2.75) is 45.4 Å². The molecule has 0 bridgehead atoms. The van der Waals surface area contributed by atoms with Crippen molar-refractivity contribution in [3.63, 3.8) is 0 Å². The Hall–Kier alpha value is -1.07. The van der Waals surface area contributed by atoms with Crippen molar-refractivity contribution in [2.24, 2.45) is 0 Å². The lowest BCUT2D eigenvalue weighted by molar-refractivity contribution is 0.304. The predicted octanol–water partition coefficient (Wildman–Crippen LogP) is 3.97. The van der Waals surface area contributed by atoms with Gasteiger partial charge in [-0.1, -0.05) is 39.0 Å². The monoisotopic (exact) mass is 285 g/mol. The molecule has 0 fully saturated rings. The first kappa shape index (κ1) is 16.0. The summed E-state index contributed by atoms with van der Waals surface area (Å²) in [5, 5.41) is 0. The first-order valence-electron chi connectivity index (χ1n) is 6.82. The molecule has 0 saturated heterocycles. The first-order chi connectivity index (χ1) is 9.22. The van der Waals surface area contributed by atoms with Gasteiger partial charge in [-0.3, -0.25) is 9.27 Å². The van der Waals surface area contributed by atoms with Gasteiger partial charge in [0.1, 0.15) is 5.75 Å². The highest BCUT2D eigenvalue weighted by Gasteiger charge is 1.97. The van der Waals surface area contributed by atoms with Crippen LogP contribution in [0, 0.1) is 0 Å². The van der Waals surface area contributed by atoms with E-state index in [4.69, 9.17) is 9.29 Å². The van der Waals surface area contributed by atoms with Crippen molar-refractivity contribution >= 4 is 17.0 Å². The van der Waals surface area contributed by atoms with Gasteiger partial charge in [-0.05, 0) is 30.7 Å². The fraction of sp³-hybridized carbons (Fsp3) is 0.571. The smallest absolute Gasteiger partial charge is 0.259 e. The summed E-state index contributed by atoms with van der Waals surface area (Å²) in [5.74, 6) is 0.794. The van der Waals surface area contributed by atoms with Crippen LogP contribution in [0.1, 0.15) is 45.4 Å². The maximum Gasteiger partial charge on any atom is 0.259 e. The highest BCUT2D eigenvalue weighted by atomic mass is 32.2. The van der Waals surface area contributed by atoms with Crippen LogP contribution in [0.5, 0.6) is 5.75 Å². The third kappa shape index (κ3) is 7.85. The molecular weight excluding hydrogens is 262 g/mol. The van der Waals surface area contributed by atoms with E-state index in [0.717, 1.165) is 18.8 Å². The first-order valence-corrected chi connectivity index (χ1v) is 7.93. The van der Waals surface area contributed by atoms with E-state index < -0.39 is 11.3 Å². The molecule has 0 heterocycles. The van der Waals surface area contributed by atoms with Gasteiger partial charge in [0.25, 0.3) is 11.3 Å². The average molecular weight is 285 g/mol. The van der Waals surface area contributed by atoms with Crippen LogP contribution in [0.3, 0.4) is 0 Å². The molecule has 1 unspecified atom stereocenters. The fourth-order valence-corrected chi connectivity index (χ4v) is 2.13. The van der Waals surface area contributed by atoms with Gasteiger partial charge in [-0.15, -0.1) is 0 Å². The number of hydrogen-bond acceptors (Lipinski definition) is 2. The number of nitrogens with one attached hydrogen (secondary N) is 1. The lowest BCUT2D eigenvalue weighted by Gasteiger charge is -2.07. The normalized spacial score (nSPS) is 12.1. The van der Waals surface area contributed by atoms with E-state index in [-0.39, 0.29) is 0 Å². The van der Waals surface area contributed by atoms with Gasteiger partial charge in [0, 0.05) is 5.69 Å². The third-order valence-electron chi connectivity index (χ3n) is 2.83. The van der Waals surface area contributed by atoms with Crippen LogP contribution in [0.4, 0.5) is 5.69 Å². The summed E-state index contributed by atoms with van der Waals surface area (Å²) < 4.78 is 27.2. The molecule has 0 amide bonds. The molecule has 0 saturated carbocycles. The van der Waals surface area contributed by atoms with Crippen LogP contribution in [0.15, 0.2) is 24.3 Å². The fourth-order valence-electron chi connectivity index (χ4n) is 1.79. The Bertz CT molecular complexity index is 367. The minimum Gasteiger partial charge on any atom is -0.494 e. The van der Waals surface area contributed by atoms with Gasteiger partial charge in [0.2, 0.25) is 0 Å². The Balaban J connectivity index is 2.14. The number of anilines is 1. The Labute approximate surface area is 118 Å². The molecule has 108 valence electrons. The van der Waals surface area contributed by atoms with E-state index in [0.29, 0.717) is 5.69 Å². The van der Waals surface area contributed by atoms with E-state index >= 15 is 0 Å². The molecule has 0 aromatic heterocycles. The zero-order chi connectivity index (χ0) is 13.9. The third-order valence-corrected chi connectivity index (χ3v) is 3.24. The van der Waals surface area contributed by atoms with E-state index in [2.05, 4.69) is 11.6 Å². The van der Waals surface area contributed by atoms with Crippen molar-refractivity contribution in [1.29, 1.82) is 0 Å². The van der Waals surface area contributed by atoms with Crippen LogP contribution < -0.4 is 9.46 Å². The molecule has 1 aromatic rings. The van der Waals surface area contributed by atoms with Crippen molar-refractivity contribution in [3.05, 3.63) is 24.3 Å². The van der Waals surface area contributed by atoms with Gasteiger partial charge in [-0.2, -0.15) is 0 Å². The standard InChI is InChI=1S/C14H23NO3S/c1-2-3-4-5-6-7-12-18-14-10-8-13(9-11-14)15-19(16)17/h8-11,15H,2-7,12H2,1H3,(H,16,17). The van der Waals surface area contributed by atoms with Crippen LogP contribution >= 0.6 is 0 Å². The molecule has 19 heavy (non-hydrogen) atoms. The second-order valence-electron chi connectivity index (χ2n) is 4.49. The Morgan fingerprint density at radius 1 is 1.11 bits per heavy atom. The average Bonchev–Trinajstić information content (AvgIpc) is 2.39. The molecule has 5 heteroatoms. The van der Waals surface area contributed by atoms with Gasteiger partial charge in [0.05, 0.1) is 6.61 Å². The van der Waals surface area contributed by atoms with Gasteiger partial charge in [-0.25, -0.2) is 4.21 Å². The molecule has 2 N–H and O–H groups in total. The van der Waals surface area contributed by atoms with Gasteiger partial charge >= 0.3 is 0 Å². The van der Waals surface area contributed by atoms with E-state index in [1.165, 1.54) is 32.1 Å². The zero-order valence-corrected chi connectivity index (χ0v) is 12.2. The number of hydrogen-bond donors (Lipinski definition) is 2. The lowest BCUT2D eigenvalue weighted by Crippen LogP contribution is -2.02. The van der Waals surface area contributed by atoms with Crippen molar-refractivity contribution < 1.29 is 13.5 Å². The topological polar surface area (TPSA) is 58.6 Å². The minimum atomic E-state index is -2.03. The molecule has 0 aliphatic carbocycles. The van der Waals surface area contributed by atoms with E-state index in [1.54, 1.807) is 24.3 Å². The maximum atomic E-state index is 10.5. The van der Waals surface area contributed by atoms with Crippen molar-refractivity contribution in [3.8, 4) is 5.75 Å². The Morgan fingerprint density at radius 2 is 1.74 bits per heavy atom. The van der Waals surface area contributed by atoms with E-state index in [1.807, 2.05) is 0 Å². The summed E-state index contributed by atoms with van der Waals surface area (Å²) in [6, 6.07) is 7.05. The molecule has 4 nitrogen and oxygen atoms in total. The van der Waals surface area contributed by atoms with Crippen LogP contribution in [-0.2, 0) is 11.3 Å². The molecule has 0 spiro atoms. The molecule has 0 radical (unpaired) electrons. The summed E-state index contributed by atoms with van der Waals surface area (Å²) in [7, 11) is 0. The van der Waals surface area contributed by atoms with Gasteiger partial charge < -0.3 is 4.74 Å². The molecular formula is C14H23NO3S. The quantitative estimate of drug-likeness (QED) is 0.505.